The van der Waals surface area contributed by atoms with E-state index in [1.165, 1.54) is 11.1 Å². The fourth-order valence-corrected chi connectivity index (χ4v) is 2.74. The summed E-state index contributed by atoms with van der Waals surface area (Å²) < 4.78 is 11.2. The maximum Gasteiger partial charge on any atom is 0.123 e. The van der Waals surface area contributed by atoms with Crippen molar-refractivity contribution in [2.24, 2.45) is 0 Å². The lowest BCUT2D eigenvalue weighted by Crippen LogP contribution is -2.24. The van der Waals surface area contributed by atoms with Crippen molar-refractivity contribution < 1.29 is 9.47 Å². The van der Waals surface area contributed by atoms with E-state index in [-0.39, 0.29) is 6.10 Å². The van der Waals surface area contributed by atoms with E-state index in [9.17, 15) is 0 Å². The third kappa shape index (κ3) is 3.08. The van der Waals surface area contributed by atoms with Crippen molar-refractivity contribution in [2.75, 3.05) is 19.0 Å². The van der Waals surface area contributed by atoms with Gasteiger partial charge in [-0.25, -0.2) is 0 Å². The minimum absolute atomic E-state index is 0.129. The van der Waals surface area contributed by atoms with E-state index in [2.05, 4.69) is 24.4 Å². The summed E-state index contributed by atoms with van der Waals surface area (Å²) in [7, 11) is 1.64. The van der Waals surface area contributed by atoms with Gasteiger partial charge in [0.25, 0.3) is 0 Å². The Morgan fingerprint density at radius 3 is 2.95 bits per heavy atom. The van der Waals surface area contributed by atoms with E-state index in [1.54, 1.807) is 7.11 Å². The second-order valence-electron chi connectivity index (χ2n) is 5.28. The zero-order valence-corrected chi connectivity index (χ0v) is 12.9. The first-order chi connectivity index (χ1) is 10.2. The van der Waals surface area contributed by atoms with Crippen LogP contribution in [-0.2, 0) is 6.42 Å². The van der Waals surface area contributed by atoms with Gasteiger partial charge < -0.3 is 14.8 Å². The topological polar surface area (TPSA) is 30.5 Å². The van der Waals surface area contributed by atoms with Crippen molar-refractivity contribution >= 4 is 17.3 Å². The van der Waals surface area contributed by atoms with E-state index in [1.807, 2.05) is 24.3 Å². The second kappa shape index (κ2) is 5.86. The molecule has 0 fully saturated rings. The normalized spacial score (nSPS) is 16.2. The monoisotopic (exact) mass is 303 g/mol. The van der Waals surface area contributed by atoms with Crippen LogP contribution < -0.4 is 14.8 Å². The van der Waals surface area contributed by atoms with Gasteiger partial charge in [-0.1, -0.05) is 29.3 Å². The zero-order valence-electron chi connectivity index (χ0n) is 12.2. The molecule has 0 saturated carbocycles. The highest BCUT2D eigenvalue weighted by Crippen LogP contribution is 2.31. The average molecular weight is 304 g/mol. The summed E-state index contributed by atoms with van der Waals surface area (Å²) in [5.41, 5.74) is 3.41. The minimum Gasteiger partial charge on any atom is -0.497 e. The quantitative estimate of drug-likeness (QED) is 0.923. The Labute approximate surface area is 129 Å². The number of ether oxygens (including phenoxy) is 2. The standard InChI is InChI=1S/C17H18ClNO2/c1-11-3-6-17-12(7-11)8-14(21-17)10-19-16-9-13(20-2)4-5-15(16)18/h3-7,9,14,19H,8,10H2,1-2H3. The van der Waals surface area contributed by atoms with E-state index in [0.29, 0.717) is 11.6 Å². The molecule has 1 unspecified atom stereocenters. The molecule has 0 saturated heterocycles. The Hall–Kier alpha value is -1.87. The number of halogens is 1. The Kier molecular flexibility index (Phi) is 3.93. The summed E-state index contributed by atoms with van der Waals surface area (Å²) in [6.07, 6.45) is 1.05. The number of methoxy groups -OCH3 is 1. The molecule has 0 aromatic heterocycles. The van der Waals surface area contributed by atoms with Crippen molar-refractivity contribution in [2.45, 2.75) is 19.4 Å². The molecule has 110 valence electrons. The fraction of sp³-hybridized carbons (Fsp3) is 0.294. The van der Waals surface area contributed by atoms with Crippen LogP contribution in [0.2, 0.25) is 5.02 Å². The fourth-order valence-electron chi connectivity index (χ4n) is 2.55. The highest BCUT2D eigenvalue weighted by molar-refractivity contribution is 6.33. The third-order valence-corrected chi connectivity index (χ3v) is 3.98. The maximum absolute atomic E-state index is 6.19. The summed E-state index contributed by atoms with van der Waals surface area (Å²) in [6.45, 7) is 2.81. The minimum atomic E-state index is 0.129. The second-order valence-corrected chi connectivity index (χ2v) is 5.69. The van der Waals surface area contributed by atoms with Crippen LogP contribution in [0.4, 0.5) is 5.69 Å². The molecular weight excluding hydrogens is 286 g/mol. The van der Waals surface area contributed by atoms with Gasteiger partial charge in [0.15, 0.2) is 0 Å². The Morgan fingerprint density at radius 1 is 1.29 bits per heavy atom. The smallest absolute Gasteiger partial charge is 0.123 e. The molecule has 0 amide bonds. The Morgan fingerprint density at radius 2 is 2.14 bits per heavy atom. The average Bonchev–Trinajstić information content (AvgIpc) is 2.88. The van der Waals surface area contributed by atoms with Gasteiger partial charge in [0.2, 0.25) is 0 Å². The SMILES string of the molecule is COc1ccc(Cl)c(NCC2Cc3cc(C)ccc3O2)c1. The van der Waals surface area contributed by atoms with E-state index < -0.39 is 0 Å². The summed E-state index contributed by atoms with van der Waals surface area (Å²) in [5.74, 6) is 1.78. The van der Waals surface area contributed by atoms with Crippen molar-refractivity contribution in [3.63, 3.8) is 0 Å². The van der Waals surface area contributed by atoms with Crippen LogP contribution in [0.15, 0.2) is 36.4 Å². The third-order valence-electron chi connectivity index (χ3n) is 3.65. The van der Waals surface area contributed by atoms with E-state index in [0.717, 1.165) is 23.6 Å². The van der Waals surface area contributed by atoms with Crippen molar-refractivity contribution in [3.8, 4) is 11.5 Å². The van der Waals surface area contributed by atoms with Gasteiger partial charge >= 0.3 is 0 Å². The first-order valence-corrected chi connectivity index (χ1v) is 7.37. The van der Waals surface area contributed by atoms with Crippen LogP contribution in [0.5, 0.6) is 11.5 Å². The van der Waals surface area contributed by atoms with E-state index in [4.69, 9.17) is 21.1 Å². The summed E-state index contributed by atoms with van der Waals surface area (Å²) in [4.78, 5) is 0. The van der Waals surface area contributed by atoms with Crippen LogP contribution in [0.25, 0.3) is 0 Å². The molecule has 1 aliphatic rings. The van der Waals surface area contributed by atoms with E-state index >= 15 is 0 Å². The van der Waals surface area contributed by atoms with Gasteiger partial charge in [0, 0.05) is 12.5 Å². The first-order valence-electron chi connectivity index (χ1n) is 6.99. The molecular formula is C17H18ClNO2. The molecule has 2 aromatic rings. The Bertz CT molecular complexity index is 657. The van der Waals surface area contributed by atoms with Gasteiger partial charge in [-0.15, -0.1) is 0 Å². The summed E-state index contributed by atoms with van der Waals surface area (Å²) in [6, 6.07) is 11.9. The molecule has 0 aliphatic carbocycles. The molecule has 1 N–H and O–H groups in total. The molecule has 1 atom stereocenters. The predicted molar refractivity (Wildman–Crippen MR) is 85.8 cm³/mol. The Balaban J connectivity index is 1.65. The van der Waals surface area contributed by atoms with Crippen LogP contribution >= 0.6 is 11.6 Å². The van der Waals surface area contributed by atoms with Gasteiger partial charge in [-0.3, -0.25) is 0 Å². The number of benzene rings is 2. The number of nitrogens with one attached hydrogen (secondary N) is 1. The number of hydrogen-bond acceptors (Lipinski definition) is 3. The van der Waals surface area contributed by atoms with Gasteiger partial charge in [0.05, 0.1) is 24.4 Å². The van der Waals surface area contributed by atoms with Crippen molar-refractivity contribution in [1.82, 2.24) is 0 Å². The predicted octanol–water partition coefficient (Wildman–Crippen LogP) is 4.07. The number of aryl methyl sites for hydroxylation is 1. The number of fused-ring (bicyclic) bond motifs is 1. The molecule has 4 heteroatoms. The highest BCUT2D eigenvalue weighted by atomic mass is 35.5. The summed E-state index contributed by atoms with van der Waals surface area (Å²) in [5, 5.41) is 4.02. The van der Waals surface area contributed by atoms with Gasteiger partial charge in [0.1, 0.15) is 17.6 Å². The van der Waals surface area contributed by atoms with Crippen molar-refractivity contribution in [1.29, 1.82) is 0 Å². The number of anilines is 1. The van der Waals surface area contributed by atoms with Crippen LogP contribution in [0.3, 0.4) is 0 Å². The molecule has 0 spiro atoms. The lowest BCUT2D eigenvalue weighted by Gasteiger charge is -2.14. The number of rotatable bonds is 4. The molecule has 0 bridgehead atoms. The highest BCUT2D eigenvalue weighted by Gasteiger charge is 2.22. The molecule has 1 aliphatic heterocycles. The summed E-state index contributed by atoms with van der Waals surface area (Å²) >= 11 is 6.19. The zero-order chi connectivity index (χ0) is 14.8. The van der Waals surface area contributed by atoms with Crippen LogP contribution in [0.1, 0.15) is 11.1 Å². The maximum atomic E-state index is 6.19. The molecule has 21 heavy (non-hydrogen) atoms. The molecule has 3 nitrogen and oxygen atoms in total. The van der Waals surface area contributed by atoms with Crippen molar-refractivity contribution in [3.05, 3.63) is 52.5 Å². The molecule has 1 heterocycles. The van der Waals surface area contributed by atoms with Gasteiger partial charge in [-0.05, 0) is 30.7 Å². The molecule has 2 aromatic carbocycles. The molecule has 0 radical (unpaired) electrons. The lowest BCUT2D eigenvalue weighted by atomic mass is 10.1. The molecule has 3 rings (SSSR count). The first kappa shape index (κ1) is 14.1. The largest absolute Gasteiger partial charge is 0.497 e. The lowest BCUT2D eigenvalue weighted by molar-refractivity contribution is 0.246. The van der Waals surface area contributed by atoms with Crippen LogP contribution in [-0.4, -0.2) is 19.8 Å². The van der Waals surface area contributed by atoms with Crippen LogP contribution in [0, 0.1) is 6.92 Å². The number of hydrogen-bond donors (Lipinski definition) is 1. The van der Waals surface area contributed by atoms with Gasteiger partial charge in [-0.2, -0.15) is 0 Å².